The van der Waals surface area contributed by atoms with Crippen LogP contribution in [0, 0.1) is 0 Å². The molecule has 0 radical (unpaired) electrons. The molecule has 0 unspecified atom stereocenters. The van der Waals surface area contributed by atoms with Gasteiger partial charge in [0.1, 0.15) is 0 Å². The van der Waals surface area contributed by atoms with E-state index in [2.05, 4.69) is 22.5 Å². The summed E-state index contributed by atoms with van der Waals surface area (Å²) in [4.78, 5) is 6.84. The lowest BCUT2D eigenvalue weighted by Gasteiger charge is -2.35. The summed E-state index contributed by atoms with van der Waals surface area (Å²) in [6.07, 6.45) is 4.10. The number of sulfonamides is 1. The maximum atomic E-state index is 12.5. The van der Waals surface area contributed by atoms with Crippen molar-refractivity contribution in [3.8, 4) is 0 Å². The Hall–Kier alpha value is -1.58. The maximum absolute atomic E-state index is 12.5. The minimum Gasteiger partial charge on any atom is -0.378 e. The Balaban J connectivity index is 1.90. The molecule has 1 N–H and O–H groups in total. The summed E-state index contributed by atoms with van der Waals surface area (Å²) in [5, 5.41) is 3.31. The predicted octanol–water partition coefficient (Wildman–Crippen LogP) is 0.863. The van der Waals surface area contributed by atoms with E-state index in [1.54, 1.807) is 4.31 Å². The smallest absolute Gasteiger partial charge is 0.216 e. The highest BCUT2D eigenvalue weighted by molar-refractivity contribution is 7.89. The molecule has 8 nitrogen and oxygen atoms in total. The van der Waals surface area contributed by atoms with Gasteiger partial charge in [-0.15, -0.1) is 0 Å². The third-order valence-electron chi connectivity index (χ3n) is 4.36. The van der Waals surface area contributed by atoms with Gasteiger partial charge >= 0.3 is 0 Å². The summed E-state index contributed by atoms with van der Waals surface area (Å²) in [5.41, 5.74) is 1.15. The Bertz CT molecular complexity index is 706. The van der Waals surface area contributed by atoms with Crippen LogP contribution in [0.15, 0.2) is 23.5 Å². The zero-order valence-electron chi connectivity index (χ0n) is 16.9. The molecule has 1 aliphatic rings. The molecular weight excluding hydrogens is 366 g/mol. The predicted molar refractivity (Wildman–Crippen MR) is 108 cm³/mol. The number of nitrogens with one attached hydrogen (secondary N) is 1. The van der Waals surface area contributed by atoms with Gasteiger partial charge in [0.25, 0.3) is 0 Å². The number of guanidine groups is 1. The quantitative estimate of drug-likeness (QED) is 0.518. The van der Waals surface area contributed by atoms with Crippen molar-refractivity contribution in [1.82, 2.24) is 19.1 Å². The SMILES string of the molecule is CCNC(=NCc1ccn(C)c1)N1CCN(S(=O)(=O)CCOC(C)C)CC1. The number of ether oxygens (including phenoxy) is 1. The molecule has 1 aliphatic heterocycles. The molecule has 0 saturated carbocycles. The Morgan fingerprint density at radius 2 is 2.00 bits per heavy atom. The van der Waals surface area contributed by atoms with Gasteiger partial charge in [0.2, 0.25) is 10.0 Å². The number of aliphatic imine (C=N–C) groups is 1. The average Bonchev–Trinajstić information content (AvgIpc) is 3.03. The van der Waals surface area contributed by atoms with E-state index in [1.807, 2.05) is 38.6 Å². The van der Waals surface area contributed by atoms with Gasteiger partial charge < -0.3 is 19.5 Å². The van der Waals surface area contributed by atoms with E-state index in [9.17, 15) is 8.42 Å². The molecule has 27 heavy (non-hydrogen) atoms. The molecule has 0 aliphatic carbocycles. The lowest BCUT2D eigenvalue weighted by molar-refractivity contribution is 0.0904. The summed E-state index contributed by atoms with van der Waals surface area (Å²) < 4.78 is 33.9. The van der Waals surface area contributed by atoms with Crippen LogP contribution >= 0.6 is 0 Å². The highest BCUT2D eigenvalue weighted by atomic mass is 32.2. The van der Waals surface area contributed by atoms with Crippen LogP contribution in [0.3, 0.4) is 0 Å². The van der Waals surface area contributed by atoms with Crippen LogP contribution in [0.1, 0.15) is 26.3 Å². The van der Waals surface area contributed by atoms with Crippen LogP contribution in [0.4, 0.5) is 0 Å². The molecule has 0 bridgehead atoms. The van der Waals surface area contributed by atoms with E-state index in [4.69, 9.17) is 9.73 Å². The van der Waals surface area contributed by atoms with Crippen molar-refractivity contribution in [2.24, 2.45) is 12.0 Å². The van der Waals surface area contributed by atoms with Crippen LogP contribution in [0.25, 0.3) is 0 Å². The summed E-state index contributed by atoms with van der Waals surface area (Å²) >= 11 is 0. The van der Waals surface area contributed by atoms with Crippen molar-refractivity contribution >= 4 is 16.0 Å². The van der Waals surface area contributed by atoms with E-state index in [1.165, 1.54) is 0 Å². The number of hydrogen-bond acceptors (Lipinski definition) is 4. The Morgan fingerprint density at radius 1 is 1.30 bits per heavy atom. The van der Waals surface area contributed by atoms with Crippen LogP contribution in [-0.4, -0.2) is 79.3 Å². The maximum Gasteiger partial charge on any atom is 0.216 e. The highest BCUT2D eigenvalue weighted by Gasteiger charge is 2.28. The second-order valence-electron chi connectivity index (χ2n) is 6.98. The molecular formula is C18H33N5O3S. The third-order valence-corrected chi connectivity index (χ3v) is 6.20. The molecule has 9 heteroatoms. The van der Waals surface area contributed by atoms with Gasteiger partial charge in [-0.25, -0.2) is 13.4 Å². The largest absolute Gasteiger partial charge is 0.378 e. The van der Waals surface area contributed by atoms with Gasteiger partial charge in [0.05, 0.1) is 25.0 Å². The fourth-order valence-corrected chi connectivity index (χ4v) is 4.23. The molecule has 0 amide bonds. The van der Waals surface area contributed by atoms with Gasteiger partial charge in [0, 0.05) is 52.2 Å². The van der Waals surface area contributed by atoms with E-state index in [-0.39, 0.29) is 18.5 Å². The minimum atomic E-state index is -3.27. The van der Waals surface area contributed by atoms with Gasteiger partial charge in [-0.1, -0.05) is 0 Å². The van der Waals surface area contributed by atoms with Gasteiger partial charge in [-0.05, 0) is 32.4 Å². The van der Waals surface area contributed by atoms with E-state index in [0.717, 1.165) is 18.1 Å². The van der Waals surface area contributed by atoms with Crippen molar-refractivity contribution < 1.29 is 13.2 Å². The van der Waals surface area contributed by atoms with Crippen molar-refractivity contribution in [1.29, 1.82) is 0 Å². The molecule has 0 spiro atoms. The van der Waals surface area contributed by atoms with Crippen LogP contribution in [0.5, 0.6) is 0 Å². The van der Waals surface area contributed by atoms with Crippen LogP contribution in [0.2, 0.25) is 0 Å². The summed E-state index contributed by atoms with van der Waals surface area (Å²) in [6.45, 7) is 9.67. The van der Waals surface area contributed by atoms with E-state index < -0.39 is 10.0 Å². The Morgan fingerprint density at radius 3 is 2.56 bits per heavy atom. The van der Waals surface area contributed by atoms with Crippen LogP contribution in [-0.2, 0) is 28.4 Å². The third kappa shape index (κ3) is 6.82. The lowest BCUT2D eigenvalue weighted by Crippen LogP contribution is -2.54. The topological polar surface area (TPSA) is 79.2 Å². The highest BCUT2D eigenvalue weighted by Crippen LogP contribution is 2.10. The molecule has 1 aromatic heterocycles. The summed E-state index contributed by atoms with van der Waals surface area (Å²) in [6, 6.07) is 2.05. The first kappa shape index (κ1) is 21.7. The number of aromatic nitrogens is 1. The van der Waals surface area contributed by atoms with Crippen molar-refractivity contribution in [2.45, 2.75) is 33.4 Å². The standard InChI is InChI=1S/C18H33N5O3S/c1-5-19-18(20-14-17-6-7-21(4)15-17)22-8-10-23(11-9-22)27(24,25)13-12-26-16(2)3/h6-7,15-16H,5,8-14H2,1-4H3,(H,19,20). The molecule has 1 saturated heterocycles. The van der Waals surface area contributed by atoms with Crippen molar-refractivity contribution in [2.75, 3.05) is 45.1 Å². The fourth-order valence-electron chi connectivity index (χ4n) is 2.94. The average molecular weight is 400 g/mol. The normalized spacial score (nSPS) is 16.9. The zero-order valence-corrected chi connectivity index (χ0v) is 17.7. The molecule has 0 aromatic carbocycles. The van der Waals surface area contributed by atoms with Crippen LogP contribution < -0.4 is 5.32 Å². The Labute approximate surface area is 163 Å². The second-order valence-corrected chi connectivity index (χ2v) is 9.07. The number of rotatable bonds is 8. The molecule has 2 rings (SSSR count). The van der Waals surface area contributed by atoms with Gasteiger partial charge in [-0.2, -0.15) is 4.31 Å². The lowest BCUT2D eigenvalue weighted by atomic mass is 10.3. The minimum absolute atomic E-state index is 0.0351. The summed E-state index contributed by atoms with van der Waals surface area (Å²) in [5.74, 6) is 0.870. The molecule has 1 aromatic rings. The first-order chi connectivity index (χ1) is 12.8. The molecule has 2 heterocycles. The molecule has 154 valence electrons. The van der Waals surface area contributed by atoms with Gasteiger partial charge in [0.15, 0.2) is 5.96 Å². The summed E-state index contributed by atoms with van der Waals surface area (Å²) in [7, 11) is -1.28. The number of aryl methyl sites for hydroxylation is 1. The zero-order chi connectivity index (χ0) is 19.9. The fraction of sp³-hybridized carbons (Fsp3) is 0.722. The van der Waals surface area contributed by atoms with Crippen molar-refractivity contribution in [3.05, 3.63) is 24.0 Å². The number of nitrogens with zero attached hydrogens (tertiary/aromatic N) is 4. The van der Waals surface area contributed by atoms with E-state index >= 15 is 0 Å². The molecule has 1 fully saturated rings. The monoisotopic (exact) mass is 399 g/mol. The second kappa shape index (κ2) is 10.1. The van der Waals surface area contributed by atoms with E-state index in [0.29, 0.717) is 32.7 Å². The van der Waals surface area contributed by atoms with Gasteiger partial charge in [-0.3, -0.25) is 0 Å². The number of hydrogen-bond donors (Lipinski definition) is 1. The number of piperazine rings is 1. The molecule has 0 atom stereocenters. The first-order valence-electron chi connectivity index (χ1n) is 9.55. The van der Waals surface area contributed by atoms with Crippen molar-refractivity contribution in [3.63, 3.8) is 0 Å². The Kier molecular flexibility index (Phi) is 8.12. The first-order valence-corrected chi connectivity index (χ1v) is 11.2.